The number of fused-ring (bicyclic) bond motifs is 5. The topological polar surface area (TPSA) is 43.9 Å². The molecule has 0 amide bonds. The highest BCUT2D eigenvalue weighted by Crippen LogP contribution is 2.55. The van der Waals surface area contributed by atoms with Gasteiger partial charge in [-0.05, 0) is 66.8 Å². The average Bonchev–Trinajstić information content (AvgIpc) is 2.88. The van der Waals surface area contributed by atoms with Gasteiger partial charge in [-0.25, -0.2) is 8.42 Å². The molecule has 2 saturated heterocycles. The summed E-state index contributed by atoms with van der Waals surface area (Å²) >= 11 is 12.2. The van der Waals surface area contributed by atoms with E-state index in [9.17, 15) is 8.42 Å². The summed E-state index contributed by atoms with van der Waals surface area (Å²) in [7, 11) is -1.57. The fraction of sp³-hybridized carbons (Fsp3) is 0.478. The first-order valence-corrected chi connectivity index (χ1v) is 13.0. The number of nitrogens with zero attached hydrogens (tertiary/aromatic N) is 3. The number of sulfonamides is 1. The Morgan fingerprint density at radius 3 is 2.26 bits per heavy atom. The lowest BCUT2D eigenvalue weighted by Crippen LogP contribution is -2.44. The molecular formula is C23H27Cl2N3O2S. The predicted octanol–water partition coefficient (Wildman–Crippen LogP) is 4.61. The molecule has 0 N–H and O–H groups in total. The smallest absolute Gasteiger partial charge is 0.243 e. The van der Waals surface area contributed by atoms with Gasteiger partial charge in [0, 0.05) is 48.5 Å². The zero-order valence-corrected chi connectivity index (χ0v) is 20.1. The second-order valence-corrected chi connectivity index (χ2v) is 11.8. The molecule has 3 atom stereocenters. The van der Waals surface area contributed by atoms with E-state index in [1.165, 1.54) is 23.4 Å². The molecule has 2 heterocycles. The van der Waals surface area contributed by atoms with E-state index in [0.717, 1.165) is 38.2 Å². The number of benzene rings is 2. The number of rotatable bonds is 3. The number of likely N-dealkylation sites (N-methyl/N-ethyl adjacent to an activating group) is 1. The number of hydrogen-bond acceptors (Lipinski definition) is 4. The van der Waals surface area contributed by atoms with E-state index in [4.69, 9.17) is 23.2 Å². The van der Waals surface area contributed by atoms with E-state index in [0.29, 0.717) is 22.5 Å². The molecule has 5 rings (SSSR count). The van der Waals surface area contributed by atoms with Crippen molar-refractivity contribution in [2.45, 2.75) is 30.2 Å². The fourth-order valence-electron chi connectivity index (χ4n) is 5.53. The number of piperidine rings is 1. The highest BCUT2D eigenvalue weighted by molar-refractivity contribution is 7.89. The van der Waals surface area contributed by atoms with Gasteiger partial charge in [0.05, 0.1) is 10.9 Å². The van der Waals surface area contributed by atoms with Crippen LogP contribution in [-0.4, -0.2) is 57.4 Å². The van der Waals surface area contributed by atoms with E-state index in [1.807, 2.05) is 0 Å². The van der Waals surface area contributed by atoms with Crippen LogP contribution >= 0.6 is 23.2 Å². The van der Waals surface area contributed by atoms with Crippen LogP contribution in [0.25, 0.3) is 0 Å². The summed E-state index contributed by atoms with van der Waals surface area (Å²) in [6.07, 6.45) is 0.825. The van der Waals surface area contributed by atoms with E-state index in [-0.39, 0.29) is 16.9 Å². The van der Waals surface area contributed by atoms with E-state index in [1.54, 1.807) is 10.4 Å². The molecule has 0 radical (unpaired) electrons. The quantitative estimate of drug-likeness (QED) is 0.644. The third-order valence-corrected chi connectivity index (χ3v) is 9.50. The van der Waals surface area contributed by atoms with Gasteiger partial charge in [-0.15, -0.1) is 0 Å². The van der Waals surface area contributed by atoms with E-state index in [2.05, 4.69) is 42.0 Å². The number of halogens is 2. The zero-order chi connectivity index (χ0) is 21.9. The van der Waals surface area contributed by atoms with Gasteiger partial charge in [-0.2, -0.15) is 4.31 Å². The maximum absolute atomic E-state index is 13.7. The minimum atomic E-state index is -3.72. The van der Waals surface area contributed by atoms with Gasteiger partial charge in [0.1, 0.15) is 0 Å². The Bertz CT molecular complexity index is 1100. The van der Waals surface area contributed by atoms with Crippen molar-refractivity contribution in [3.8, 4) is 0 Å². The fourth-order valence-corrected chi connectivity index (χ4v) is 7.96. The van der Waals surface area contributed by atoms with Crippen molar-refractivity contribution in [3.63, 3.8) is 0 Å². The van der Waals surface area contributed by atoms with Crippen LogP contribution in [0.4, 0.5) is 5.69 Å². The second-order valence-electron chi connectivity index (χ2n) is 9.02. The minimum absolute atomic E-state index is 0.163. The highest BCUT2D eigenvalue weighted by Gasteiger charge is 2.49. The summed E-state index contributed by atoms with van der Waals surface area (Å²) in [5.74, 6) is 0.631. The SMILES string of the molecule is C[C@H]1C2CCN(S(=O)(=O)c3cc(Cl)cc(Cl)c3)C1c1cc(N3CCN(C)CC3)ccc12. The number of hydrogen-bond donors (Lipinski definition) is 0. The predicted molar refractivity (Wildman–Crippen MR) is 126 cm³/mol. The van der Waals surface area contributed by atoms with Crippen molar-refractivity contribution in [1.29, 1.82) is 0 Å². The van der Waals surface area contributed by atoms with E-state index < -0.39 is 10.0 Å². The van der Waals surface area contributed by atoms with Gasteiger partial charge in [-0.1, -0.05) is 36.2 Å². The normalized spacial score (nSPS) is 26.8. The van der Waals surface area contributed by atoms with E-state index >= 15 is 0 Å². The van der Waals surface area contributed by atoms with Gasteiger partial charge >= 0.3 is 0 Å². The summed E-state index contributed by atoms with van der Waals surface area (Å²) in [5.41, 5.74) is 3.65. The maximum atomic E-state index is 13.7. The van der Waals surface area contributed by atoms with Crippen LogP contribution in [0.5, 0.6) is 0 Å². The lowest BCUT2D eigenvalue weighted by atomic mass is 9.87. The standard InChI is InChI=1S/C23H27Cl2N3O2S/c1-15-20-5-6-28(31(29,30)19-12-16(24)11-17(25)13-19)23(15)22-14-18(3-4-21(20)22)27-9-7-26(2)8-10-27/h3-4,11-15,20,23H,5-10H2,1-2H3/t15-,20?,23?/m0/s1. The molecule has 2 unspecified atom stereocenters. The molecule has 5 nitrogen and oxygen atoms in total. The number of anilines is 1. The van der Waals surface area contributed by atoms with Gasteiger partial charge < -0.3 is 9.80 Å². The first kappa shape index (κ1) is 21.5. The lowest BCUT2D eigenvalue weighted by Gasteiger charge is -2.37. The van der Waals surface area contributed by atoms with Gasteiger partial charge in [0.15, 0.2) is 0 Å². The van der Waals surface area contributed by atoms with Gasteiger partial charge in [0.2, 0.25) is 10.0 Å². The molecule has 0 aromatic heterocycles. The van der Waals surface area contributed by atoms with Crippen LogP contribution in [0.15, 0.2) is 41.3 Å². The summed E-state index contributed by atoms with van der Waals surface area (Å²) in [6.45, 7) is 6.73. The van der Waals surface area contributed by atoms with Crippen LogP contribution < -0.4 is 4.90 Å². The molecule has 2 aliphatic heterocycles. The third-order valence-electron chi connectivity index (χ3n) is 7.20. The molecule has 2 aromatic carbocycles. The Hall–Kier alpha value is -1.31. The van der Waals surface area contributed by atoms with Crippen LogP contribution in [0.1, 0.15) is 36.4 Å². The van der Waals surface area contributed by atoms with Crippen molar-refractivity contribution >= 4 is 38.9 Å². The third kappa shape index (κ3) is 3.66. The van der Waals surface area contributed by atoms with Crippen molar-refractivity contribution in [3.05, 3.63) is 57.6 Å². The molecule has 0 saturated carbocycles. The average molecular weight is 480 g/mol. The first-order chi connectivity index (χ1) is 14.8. The lowest BCUT2D eigenvalue weighted by molar-refractivity contribution is 0.190. The zero-order valence-electron chi connectivity index (χ0n) is 17.8. The minimum Gasteiger partial charge on any atom is -0.369 e. The summed E-state index contributed by atoms with van der Waals surface area (Å²) < 4.78 is 29.0. The molecule has 31 heavy (non-hydrogen) atoms. The molecule has 2 bridgehead atoms. The van der Waals surface area contributed by atoms with Crippen LogP contribution in [0.3, 0.4) is 0 Å². The molecule has 8 heteroatoms. The Kier molecular flexibility index (Phi) is 5.50. The Morgan fingerprint density at radius 2 is 1.58 bits per heavy atom. The van der Waals surface area contributed by atoms with Crippen LogP contribution in [0.2, 0.25) is 10.0 Å². The molecule has 2 aromatic rings. The van der Waals surface area contributed by atoms with Gasteiger partial charge in [-0.3, -0.25) is 0 Å². The molecular weight excluding hydrogens is 453 g/mol. The van der Waals surface area contributed by atoms with Crippen molar-refractivity contribution < 1.29 is 8.42 Å². The first-order valence-electron chi connectivity index (χ1n) is 10.8. The van der Waals surface area contributed by atoms with Crippen molar-refractivity contribution in [2.24, 2.45) is 5.92 Å². The molecule has 0 spiro atoms. The molecule has 3 aliphatic rings. The Balaban J connectivity index is 1.53. The Labute approximate surface area is 194 Å². The largest absolute Gasteiger partial charge is 0.369 e. The van der Waals surface area contributed by atoms with Crippen LogP contribution in [0, 0.1) is 5.92 Å². The molecule has 1 aliphatic carbocycles. The Morgan fingerprint density at radius 1 is 0.903 bits per heavy atom. The van der Waals surface area contributed by atoms with Crippen LogP contribution in [-0.2, 0) is 10.0 Å². The summed E-state index contributed by atoms with van der Waals surface area (Å²) in [4.78, 5) is 4.91. The second kappa shape index (κ2) is 7.92. The van der Waals surface area contributed by atoms with Crippen molar-refractivity contribution in [2.75, 3.05) is 44.7 Å². The van der Waals surface area contributed by atoms with Gasteiger partial charge in [0.25, 0.3) is 0 Å². The summed E-state index contributed by atoms with van der Waals surface area (Å²) in [5, 5.41) is 0.663. The maximum Gasteiger partial charge on any atom is 0.243 e. The molecule has 2 fully saturated rings. The number of piperazine rings is 1. The highest BCUT2D eigenvalue weighted by atomic mass is 35.5. The van der Waals surface area contributed by atoms with Crippen molar-refractivity contribution in [1.82, 2.24) is 9.21 Å². The summed E-state index contributed by atoms with van der Waals surface area (Å²) in [6, 6.07) is 11.1. The molecule has 166 valence electrons. The monoisotopic (exact) mass is 479 g/mol.